The first-order valence-electron chi connectivity index (χ1n) is 10.5. The summed E-state index contributed by atoms with van der Waals surface area (Å²) in [5, 5.41) is 17.9. The summed E-state index contributed by atoms with van der Waals surface area (Å²) in [4.78, 5) is 19.3. The van der Waals surface area contributed by atoms with Crippen molar-refractivity contribution in [3.63, 3.8) is 0 Å². The van der Waals surface area contributed by atoms with Gasteiger partial charge in [-0.1, -0.05) is 54.6 Å². The first-order valence-corrected chi connectivity index (χ1v) is 10.9. The molecule has 0 spiro atoms. The summed E-state index contributed by atoms with van der Waals surface area (Å²) in [7, 11) is 0. The molecule has 0 aliphatic carbocycles. The van der Waals surface area contributed by atoms with Crippen LogP contribution >= 0.6 is 12.2 Å². The minimum Gasteiger partial charge on any atom is -0.494 e. The lowest BCUT2D eigenvalue weighted by molar-refractivity contribution is 0.412. The highest BCUT2D eigenvalue weighted by Gasteiger charge is 2.31. The molecule has 0 unspecified atom stereocenters. The second kappa shape index (κ2) is 7.19. The fourth-order valence-electron chi connectivity index (χ4n) is 4.85. The highest BCUT2D eigenvalue weighted by atomic mass is 32.1. The number of nitrogens with one attached hydrogen (secondary N) is 3. The van der Waals surface area contributed by atoms with Crippen molar-refractivity contribution in [1.82, 2.24) is 19.9 Å². The molecule has 4 N–H and O–H groups in total. The zero-order valence-electron chi connectivity index (χ0n) is 17.1. The summed E-state index contributed by atoms with van der Waals surface area (Å²) >= 11 is 5.48. The Bertz CT molecular complexity index is 1620. The molecule has 6 rings (SSSR count). The quantitative estimate of drug-likeness (QED) is 0.305. The lowest BCUT2D eigenvalue weighted by atomic mass is 9.95. The van der Waals surface area contributed by atoms with Gasteiger partial charge in [0, 0.05) is 28.5 Å². The maximum Gasteiger partial charge on any atom is 0.260 e. The van der Waals surface area contributed by atoms with Crippen LogP contribution < -0.4 is 10.9 Å². The van der Waals surface area contributed by atoms with E-state index in [1.807, 2.05) is 60.7 Å². The van der Waals surface area contributed by atoms with E-state index in [4.69, 9.17) is 12.2 Å². The lowest BCUT2D eigenvalue weighted by Gasteiger charge is -2.26. The van der Waals surface area contributed by atoms with Crippen LogP contribution in [-0.4, -0.2) is 26.2 Å². The Balaban J connectivity index is 1.62. The maximum atomic E-state index is 13.1. The van der Waals surface area contributed by atoms with Crippen LogP contribution in [0.15, 0.2) is 71.5 Å². The number of rotatable bonds is 2. The van der Waals surface area contributed by atoms with Gasteiger partial charge in [0.15, 0.2) is 4.77 Å². The summed E-state index contributed by atoms with van der Waals surface area (Å²) < 4.78 is 1.70. The molecule has 6 nitrogen and oxygen atoms in total. The topological polar surface area (TPSA) is 85.8 Å². The van der Waals surface area contributed by atoms with Gasteiger partial charge in [-0.05, 0) is 41.7 Å². The summed E-state index contributed by atoms with van der Waals surface area (Å²) in [6, 6.07) is 21.3. The third-order valence-corrected chi connectivity index (χ3v) is 6.56. The molecular weight excluding hydrogens is 420 g/mol. The van der Waals surface area contributed by atoms with Gasteiger partial charge in [0.1, 0.15) is 5.56 Å². The van der Waals surface area contributed by atoms with Gasteiger partial charge in [-0.2, -0.15) is 0 Å². The van der Waals surface area contributed by atoms with Crippen LogP contribution in [0, 0.1) is 4.77 Å². The molecule has 0 fully saturated rings. The number of benzene rings is 3. The monoisotopic (exact) mass is 440 g/mol. The van der Waals surface area contributed by atoms with Gasteiger partial charge in [-0.15, -0.1) is 0 Å². The van der Waals surface area contributed by atoms with Crippen LogP contribution in [0.2, 0.25) is 0 Å². The van der Waals surface area contributed by atoms with Crippen LogP contribution in [0.5, 0.6) is 5.88 Å². The van der Waals surface area contributed by atoms with E-state index < -0.39 is 11.6 Å². The Morgan fingerprint density at radius 3 is 2.56 bits per heavy atom. The molecular formula is C25H20N4O2S. The molecule has 0 radical (unpaired) electrons. The normalized spacial score (nSPS) is 15.8. The molecule has 3 heterocycles. The van der Waals surface area contributed by atoms with E-state index in [-0.39, 0.29) is 16.2 Å². The molecule has 1 aliphatic rings. The Morgan fingerprint density at radius 1 is 0.938 bits per heavy atom. The summed E-state index contributed by atoms with van der Waals surface area (Å²) in [5.74, 6) is -0.154. The van der Waals surface area contributed by atoms with Gasteiger partial charge < -0.3 is 15.4 Å². The van der Waals surface area contributed by atoms with Crippen molar-refractivity contribution in [2.75, 3.05) is 6.54 Å². The van der Waals surface area contributed by atoms with Gasteiger partial charge in [0.2, 0.25) is 5.88 Å². The third-order valence-electron chi connectivity index (χ3n) is 6.28. The van der Waals surface area contributed by atoms with Crippen molar-refractivity contribution >= 4 is 33.9 Å². The van der Waals surface area contributed by atoms with E-state index in [1.165, 1.54) is 5.56 Å². The van der Waals surface area contributed by atoms with Gasteiger partial charge in [0.05, 0.1) is 11.7 Å². The average molecular weight is 441 g/mol. The highest BCUT2D eigenvalue weighted by Crippen LogP contribution is 2.36. The fraction of sp³-hybridized carbons (Fsp3) is 0.120. The largest absolute Gasteiger partial charge is 0.494 e. The number of aromatic nitrogens is 3. The number of fused-ring (bicyclic) bond motifs is 4. The number of hydrogen-bond acceptors (Lipinski definition) is 4. The summed E-state index contributed by atoms with van der Waals surface area (Å²) in [5.41, 5.74) is 3.66. The Hall–Kier alpha value is -3.68. The van der Waals surface area contributed by atoms with Crippen LogP contribution in [-0.2, 0) is 6.42 Å². The van der Waals surface area contributed by atoms with E-state index in [0.29, 0.717) is 6.54 Å². The van der Waals surface area contributed by atoms with Gasteiger partial charge in [-0.3, -0.25) is 14.3 Å². The number of para-hydroxylation sites is 1. The second-order valence-electron chi connectivity index (χ2n) is 8.03. The first kappa shape index (κ1) is 19.0. The molecule has 7 heteroatoms. The molecule has 32 heavy (non-hydrogen) atoms. The van der Waals surface area contributed by atoms with Gasteiger partial charge in [0.25, 0.3) is 5.56 Å². The number of aromatic hydroxyl groups is 1. The molecule has 1 aliphatic heterocycles. The molecule has 3 aromatic carbocycles. The minimum atomic E-state index is -0.480. The maximum absolute atomic E-state index is 13.1. The van der Waals surface area contributed by atoms with Crippen LogP contribution in [0.4, 0.5) is 0 Å². The van der Waals surface area contributed by atoms with Crippen molar-refractivity contribution in [2.45, 2.75) is 12.5 Å². The second-order valence-corrected chi connectivity index (χ2v) is 8.42. The predicted molar refractivity (Wildman–Crippen MR) is 128 cm³/mol. The minimum absolute atomic E-state index is 0.153. The van der Waals surface area contributed by atoms with Crippen LogP contribution in [0.1, 0.15) is 22.9 Å². The molecule has 0 saturated heterocycles. The van der Waals surface area contributed by atoms with E-state index in [9.17, 15) is 9.90 Å². The van der Waals surface area contributed by atoms with Crippen molar-refractivity contribution in [3.05, 3.63) is 98.7 Å². The van der Waals surface area contributed by atoms with E-state index in [0.717, 1.165) is 39.5 Å². The SMILES string of the molecule is O=c1[nH]c(=S)n(-c2cccc3ccccc23)c(O)c1[C@@H]1NCCc2c1[nH]c1ccccc21. The smallest absolute Gasteiger partial charge is 0.260 e. The van der Waals surface area contributed by atoms with E-state index in [1.54, 1.807) is 4.57 Å². The van der Waals surface area contributed by atoms with Gasteiger partial charge >= 0.3 is 0 Å². The number of hydrogen-bond donors (Lipinski definition) is 4. The van der Waals surface area contributed by atoms with E-state index >= 15 is 0 Å². The number of nitrogens with zero attached hydrogens (tertiary/aromatic N) is 1. The average Bonchev–Trinajstić information content (AvgIpc) is 3.19. The lowest BCUT2D eigenvalue weighted by Crippen LogP contribution is -2.35. The standard InChI is InChI=1S/C25H20N4O2S/c30-23-20(22-21-17(12-13-26-22)16-9-3-4-10-18(16)27-21)24(31)29(25(32)28-23)19-11-5-7-14-6-1-2-8-15(14)19/h1-11,22,26-27,31H,12-13H2,(H,28,30,32)/t22-/m0/s1. The van der Waals surface area contributed by atoms with Crippen molar-refractivity contribution in [3.8, 4) is 11.6 Å². The number of aromatic amines is 2. The molecule has 2 aromatic heterocycles. The first-order chi connectivity index (χ1) is 15.6. The molecule has 0 amide bonds. The van der Waals surface area contributed by atoms with E-state index in [2.05, 4.69) is 21.4 Å². The fourth-order valence-corrected chi connectivity index (χ4v) is 5.13. The molecule has 5 aromatic rings. The zero-order valence-corrected chi connectivity index (χ0v) is 17.9. The number of H-pyrrole nitrogens is 2. The summed E-state index contributed by atoms with van der Waals surface area (Å²) in [6.07, 6.45) is 0.844. The summed E-state index contributed by atoms with van der Waals surface area (Å²) in [6.45, 7) is 0.697. The highest BCUT2D eigenvalue weighted by molar-refractivity contribution is 7.71. The Morgan fingerprint density at radius 2 is 1.69 bits per heavy atom. The molecule has 1 atom stereocenters. The van der Waals surface area contributed by atoms with Crippen molar-refractivity contribution in [2.24, 2.45) is 0 Å². The van der Waals surface area contributed by atoms with Crippen LogP contribution in [0.3, 0.4) is 0 Å². The molecule has 0 bridgehead atoms. The predicted octanol–water partition coefficient (Wildman–Crippen LogP) is 4.47. The van der Waals surface area contributed by atoms with Crippen molar-refractivity contribution in [1.29, 1.82) is 0 Å². The third kappa shape index (κ3) is 2.75. The zero-order chi connectivity index (χ0) is 21.8. The Kier molecular flexibility index (Phi) is 4.28. The Labute approximate surface area is 188 Å². The molecule has 158 valence electrons. The van der Waals surface area contributed by atoms with Gasteiger partial charge in [-0.25, -0.2) is 0 Å². The van der Waals surface area contributed by atoms with Crippen molar-refractivity contribution < 1.29 is 5.11 Å². The molecule has 0 saturated carbocycles. The van der Waals surface area contributed by atoms with Crippen LogP contribution in [0.25, 0.3) is 27.4 Å².